The van der Waals surface area contributed by atoms with E-state index in [1.54, 1.807) is 0 Å². The van der Waals surface area contributed by atoms with Crippen molar-refractivity contribution in [2.24, 2.45) is 5.92 Å². The maximum atomic E-state index is 9.41. The Kier molecular flexibility index (Phi) is 4.30. The van der Waals surface area contributed by atoms with Crippen molar-refractivity contribution in [3.05, 3.63) is 28.8 Å². The molecule has 1 aromatic rings. The third kappa shape index (κ3) is 3.36. The molecule has 0 bridgehead atoms. The quantitative estimate of drug-likeness (QED) is 0.839. The van der Waals surface area contributed by atoms with E-state index in [4.69, 9.17) is 11.6 Å². The summed E-state index contributed by atoms with van der Waals surface area (Å²) in [5.74, 6) is 0.840. The first-order valence-corrected chi connectivity index (χ1v) is 6.76. The van der Waals surface area contributed by atoms with Crippen LogP contribution in [0.15, 0.2) is 18.2 Å². The molecule has 0 unspecified atom stereocenters. The molecule has 1 N–H and O–H groups in total. The number of hydrogen-bond acceptors (Lipinski definition) is 2. The van der Waals surface area contributed by atoms with Crippen LogP contribution in [-0.4, -0.2) is 18.2 Å². The zero-order chi connectivity index (χ0) is 12.3. The Morgan fingerprint density at radius 3 is 2.76 bits per heavy atom. The summed E-state index contributed by atoms with van der Waals surface area (Å²) in [7, 11) is 0. The monoisotopic (exact) mass is 253 g/mol. The van der Waals surface area contributed by atoms with E-state index >= 15 is 0 Å². The van der Waals surface area contributed by atoms with Crippen molar-refractivity contribution in [3.63, 3.8) is 0 Å². The molecule has 94 valence electrons. The van der Waals surface area contributed by atoms with Crippen LogP contribution in [0.2, 0.25) is 5.02 Å². The predicted octanol–water partition coefficient (Wildman–Crippen LogP) is 3.46. The van der Waals surface area contributed by atoms with Crippen LogP contribution >= 0.6 is 11.6 Å². The first-order valence-electron chi connectivity index (χ1n) is 6.38. The highest BCUT2D eigenvalue weighted by atomic mass is 35.5. The smallest absolute Gasteiger partial charge is 0.0702 e. The van der Waals surface area contributed by atoms with Crippen LogP contribution < -0.4 is 4.90 Å². The zero-order valence-electron chi connectivity index (χ0n) is 10.3. The summed E-state index contributed by atoms with van der Waals surface area (Å²) in [4.78, 5) is 2.37. The van der Waals surface area contributed by atoms with Crippen LogP contribution in [0, 0.1) is 5.92 Å². The number of nitrogens with zero attached hydrogens (tertiary/aromatic N) is 1. The first kappa shape index (κ1) is 12.7. The maximum Gasteiger partial charge on any atom is 0.0702 e. The molecule has 0 heterocycles. The molecule has 0 aromatic heterocycles. The molecule has 0 amide bonds. The molecule has 0 aliphatic heterocycles. The highest BCUT2D eigenvalue weighted by Crippen LogP contribution is 2.33. The molecule has 0 saturated heterocycles. The van der Waals surface area contributed by atoms with E-state index in [0.29, 0.717) is 0 Å². The van der Waals surface area contributed by atoms with E-state index in [2.05, 4.69) is 11.8 Å². The molecule has 1 aliphatic rings. The third-order valence-electron chi connectivity index (χ3n) is 3.23. The molecule has 0 atom stereocenters. The number of rotatable bonds is 6. The largest absolute Gasteiger partial charge is 0.392 e. The lowest BCUT2D eigenvalue weighted by Gasteiger charge is -2.26. The van der Waals surface area contributed by atoms with Gasteiger partial charge >= 0.3 is 0 Å². The first-order chi connectivity index (χ1) is 8.24. The number of halogens is 1. The highest BCUT2D eigenvalue weighted by molar-refractivity contribution is 6.30. The Labute approximate surface area is 108 Å². The Morgan fingerprint density at radius 2 is 2.18 bits per heavy atom. The van der Waals surface area contributed by atoms with E-state index in [9.17, 15) is 5.11 Å². The van der Waals surface area contributed by atoms with Gasteiger partial charge in [-0.05, 0) is 37.3 Å². The minimum absolute atomic E-state index is 0.0807. The van der Waals surface area contributed by atoms with Crippen molar-refractivity contribution in [2.45, 2.75) is 32.8 Å². The molecule has 1 aromatic carbocycles. The molecule has 1 fully saturated rings. The molecule has 2 rings (SSSR count). The van der Waals surface area contributed by atoms with Crippen molar-refractivity contribution in [1.29, 1.82) is 0 Å². The number of hydrogen-bond donors (Lipinski definition) is 1. The summed E-state index contributed by atoms with van der Waals surface area (Å²) in [5.41, 5.74) is 2.08. The fraction of sp³-hybridized carbons (Fsp3) is 0.571. The van der Waals surface area contributed by atoms with Gasteiger partial charge < -0.3 is 10.0 Å². The average molecular weight is 254 g/mol. The summed E-state index contributed by atoms with van der Waals surface area (Å²) in [6.07, 6.45) is 3.80. The molecule has 0 spiro atoms. The van der Waals surface area contributed by atoms with Gasteiger partial charge in [0.05, 0.1) is 6.61 Å². The van der Waals surface area contributed by atoms with Crippen LogP contribution in [0.5, 0.6) is 0 Å². The lowest BCUT2D eigenvalue weighted by molar-refractivity contribution is 0.282. The second kappa shape index (κ2) is 5.74. The van der Waals surface area contributed by atoms with Crippen LogP contribution in [-0.2, 0) is 6.61 Å². The fourth-order valence-corrected chi connectivity index (χ4v) is 2.32. The second-order valence-corrected chi connectivity index (χ2v) is 5.26. The van der Waals surface area contributed by atoms with E-state index < -0.39 is 0 Å². The average Bonchev–Trinajstić information content (AvgIpc) is 3.12. The van der Waals surface area contributed by atoms with Crippen molar-refractivity contribution in [2.75, 3.05) is 18.0 Å². The van der Waals surface area contributed by atoms with Crippen molar-refractivity contribution >= 4 is 17.3 Å². The van der Waals surface area contributed by atoms with Crippen LogP contribution in [0.1, 0.15) is 31.7 Å². The van der Waals surface area contributed by atoms with Gasteiger partial charge in [-0.3, -0.25) is 0 Å². The maximum absolute atomic E-state index is 9.41. The van der Waals surface area contributed by atoms with E-state index in [1.807, 2.05) is 18.2 Å². The minimum Gasteiger partial charge on any atom is -0.392 e. The van der Waals surface area contributed by atoms with Crippen LogP contribution in [0.3, 0.4) is 0 Å². The van der Waals surface area contributed by atoms with E-state index in [1.165, 1.54) is 12.8 Å². The van der Waals surface area contributed by atoms with Gasteiger partial charge in [-0.1, -0.05) is 24.6 Å². The van der Waals surface area contributed by atoms with E-state index in [-0.39, 0.29) is 6.61 Å². The number of aliphatic hydroxyl groups is 1. The van der Waals surface area contributed by atoms with Crippen molar-refractivity contribution < 1.29 is 5.11 Å². The predicted molar refractivity (Wildman–Crippen MR) is 72.6 cm³/mol. The van der Waals surface area contributed by atoms with Gasteiger partial charge in [0.25, 0.3) is 0 Å². The summed E-state index contributed by atoms with van der Waals surface area (Å²) in [6, 6.07) is 5.75. The third-order valence-corrected chi connectivity index (χ3v) is 3.46. The number of aliphatic hydroxyl groups excluding tert-OH is 1. The summed E-state index contributed by atoms with van der Waals surface area (Å²) in [5, 5.41) is 10.2. The van der Waals surface area contributed by atoms with E-state index in [0.717, 1.165) is 41.7 Å². The Bertz CT molecular complexity index is 376. The number of anilines is 1. The zero-order valence-corrected chi connectivity index (χ0v) is 11.1. The highest BCUT2D eigenvalue weighted by Gasteiger charge is 2.25. The normalized spacial score (nSPS) is 15.0. The van der Waals surface area contributed by atoms with Crippen molar-refractivity contribution in [3.8, 4) is 0 Å². The van der Waals surface area contributed by atoms with Crippen molar-refractivity contribution in [1.82, 2.24) is 0 Å². The Hall–Kier alpha value is -0.730. The molecule has 17 heavy (non-hydrogen) atoms. The van der Waals surface area contributed by atoms with Gasteiger partial charge in [-0.25, -0.2) is 0 Å². The second-order valence-electron chi connectivity index (χ2n) is 4.82. The summed E-state index contributed by atoms with van der Waals surface area (Å²) in [6.45, 7) is 4.39. The van der Waals surface area contributed by atoms with Gasteiger partial charge in [-0.2, -0.15) is 0 Å². The molecule has 2 nitrogen and oxygen atoms in total. The van der Waals surface area contributed by atoms with Crippen LogP contribution in [0.25, 0.3) is 0 Å². The Balaban J connectivity index is 2.22. The lowest BCUT2D eigenvalue weighted by atomic mass is 10.1. The molecule has 3 heteroatoms. The van der Waals surface area contributed by atoms with Gasteiger partial charge in [0.1, 0.15) is 0 Å². The van der Waals surface area contributed by atoms with Gasteiger partial charge in [0.15, 0.2) is 0 Å². The Morgan fingerprint density at radius 1 is 1.41 bits per heavy atom. The number of benzene rings is 1. The molecular weight excluding hydrogens is 234 g/mol. The van der Waals surface area contributed by atoms with Gasteiger partial charge in [0.2, 0.25) is 0 Å². The lowest BCUT2D eigenvalue weighted by Crippen LogP contribution is -2.27. The molecular formula is C14H20ClNO. The summed E-state index contributed by atoms with van der Waals surface area (Å²) < 4.78 is 0. The SMILES string of the molecule is CCCN(CC1CC1)c1cc(Cl)ccc1CO. The molecule has 0 radical (unpaired) electrons. The molecule has 1 aliphatic carbocycles. The topological polar surface area (TPSA) is 23.5 Å². The minimum atomic E-state index is 0.0807. The van der Waals surface area contributed by atoms with Crippen LogP contribution in [0.4, 0.5) is 5.69 Å². The van der Waals surface area contributed by atoms with Gasteiger partial charge in [0, 0.05) is 29.4 Å². The standard InChI is InChI=1S/C14H20ClNO/c1-2-7-16(9-11-3-4-11)14-8-13(15)6-5-12(14)10-17/h5-6,8,11,17H,2-4,7,9-10H2,1H3. The fourth-order valence-electron chi connectivity index (χ4n) is 2.16. The summed E-state index contributed by atoms with van der Waals surface area (Å²) >= 11 is 6.06. The molecule has 1 saturated carbocycles. The van der Waals surface area contributed by atoms with Gasteiger partial charge in [-0.15, -0.1) is 0 Å².